The average molecular weight is 623 g/mol. The number of carbonyl (C=O) groups excluding carboxylic acids is 4. The zero-order valence-corrected chi connectivity index (χ0v) is 23.5. The molecule has 0 spiro atoms. The van der Waals surface area contributed by atoms with Crippen LogP contribution >= 0.6 is 27.7 Å². The van der Waals surface area contributed by atoms with Gasteiger partial charge in [-0.2, -0.15) is 8.42 Å². The van der Waals surface area contributed by atoms with Gasteiger partial charge in [0, 0.05) is 25.7 Å². The summed E-state index contributed by atoms with van der Waals surface area (Å²) >= 11 is 4.04. The van der Waals surface area contributed by atoms with Crippen LogP contribution in [-0.4, -0.2) is 60.8 Å². The monoisotopic (exact) mass is 621 g/mol. The Kier molecular flexibility index (Phi) is 8.58. The van der Waals surface area contributed by atoms with Crippen LogP contribution in [0.15, 0.2) is 56.7 Å². The second kappa shape index (κ2) is 11.7. The molecular weight excluding hydrogens is 598 g/mol. The molecule has 2 heterocycles. The fourth-order valence-corrected chi connectivity index (χ4v) is 6.29. The van der Waals surface area contributed by atoms with Gasteiger partial charge in [-0.05, 0) is 95.0 Å². The van der Waals surface area contributed by atoms with Crippen LogP contribution in [0, 0.1) is 0 Å². The van der Waals surface area contributed by atoms with Crippen molar-refractivity contribution in [1.29, 1.82) is 0 Å². The van der Waals surface area contributed by atoms with E-state index >= 15 is 0 Å². The van der Waals surface area contributed by atoms with Gasteiger partial charge < -0.3 is 14.4 Å². The minimum absolute atomic E-state index is 0.0216. The highest BCUT2D eigenvalue weighted by molar-refractivity contribution is 9.10. The first kappa shape index (κ1) is 27.9. The maximum Gasteiger partial charge on any atom is 0.339 e. The lowest BCUT2D eigenvalue weighted by atomic mass is 10.1. The minimum Gasteiger partial charge on any atom is -0.378 e. The predicted octanol–water partition coefficient (Wildman–Crippen LogP) is 4.22. The largest absolute Gasteiger partial charge is 0.378 e. The van der Waals surface area contributed by atoms with E-state index in [0.717, 1.165) is 35.9 Å². The lowest BCUT2D eigenvalue weighted by molar-refractivity contribution is -0.136. The summed E-state index contributed by atoms with van der Waals surface area (Å²) in [6.45, 7) is 2.32. The highest BCUT2D eigenvalue weighted by atomic mass is 79.9. The number of nitrogens with zero attached hydrogens (tertiary/aromatic N) is 2. The SMILES string of the molecule is CC(=O)Nc1ccc(S(=O)(=O)Oc2ccc(/C=C3\SC(=O)N(CC(=O)N4CCCCC4)C3=O)cc2Br)cc1. The molecule has 0 saturated carbocycles. The van der Waals surface area contributed by atoms with Gasteiger partial charge in [0.05, 0.1) is 9.38 Å². The molecule has 2 aliphatic rings. The number of benzene rings is 2. The zero-order valence-electron chi connectivity index (χ0n) is 20.3. The van der Waals surface area contributed by atoms with Gasteiger partial charge in [-0.25, -0.2) is 0 Å². The highest BCUT2D eigenvalue weighted by Crippen LogP contribution is 2.34. The average Bonchev–Trinajstić information content (AvgIpc) is 3.13. The number of halogens is 1. The molecule has 0 bridgehead atoms. The van der Waals surface area contributed by atoms with E-state index in [-0.39, 0.29) is 33.9 Å². The third-order valence-electron chi connectivity index (χ3n) is 5.79. The number of carbonyl (C=O) groups is 4. The Hall–Kier alpha value is -3.16. The number of amides is 4. The Labute approximate surface area is 232 Å². The van der Waals surface area contributed by atoms with Gasteiger partial charge in [-0.1, -0.05) is 6.07 Å². The van der Waals surface area contributed by atoms with E-state index in [1.165, 1.54) is 43.3 Å². The van der Waals surface area contributed by atoms with E-state index in [1.54, 1.807) is 17.0 Å². The molecule has 200 valence electrons. The van der Waals surface area contributed by atoms with Gasteiger partial charge in [-0.3, -0.25) is 24.1 Å². The zero-order chi connectivity index (χ0) is 27.4. The Morgan fingerprint density at radius 2 is 1.76 bits per heavy atom. The molecule has 2 saturated heterocycles. The van der Waals surface area contributed by atoms with Crippen molar-refractivity contribution in [2.75, 3.05) is 25.0 Å². The van der Waals surface area contributed by atoms with Crippen LogP contribution in [0.4, 0.5) is 10.5 Å². The highest BCUT2D eigenvalue weighted by Gasteiger charge is 2.37. The number of hydrogen-bond acceptors (Lipinski definition) is 8. The number of imide groups is 1. The molecule has 2 fully saturated rings. The molecule has 2 aromatic rings. The summed E-state index contributed by atoms with van der Waals surface area (Å²) in [6, 6.07) is 10.0. The summed E-state index contributed by atoms with van der Waals surface area (Å²) in [6.07, 6.45) is 4.38. The van der Waals surface area contributed by atoms with E-state index in [1.807, 2.05) is 0 Å². The first-order chi connectivity index (χ1) is 18.0. The molecule has 0 atom stereocenters. The van der Waals surface area contributed by atoms with E-state index in [4.69, 9.17) is 4.18 Å². The number of hydrogen-bond donors (Lipinski definition) is 1. The molecule has 4 rings (SSSR count). The lowest BCUT2D eigenvalue weighted by Gasteiger charge is -2.27. The van der Waals surface area contributed by atoms with Crippen LogP contribution in [0.3, 0.4) is 0 Å². The molecule has 38 heavy (non-hydrogen) atoms. The topological polar surface area (TPSA) is 130 Å². The van der Waals surface area contributed by atoms with Gasteiger partial charge in [-0.15, -0.1) is 0 Å². The number of rotatable bonds is 7. The summed E-state index contributed by atoms with van der Waals surface area (Å²) in [7, 11) is -4.16. The first-order valence-corrected chi connectivity index (χ1v) is 14.7. The molecule has 13 heteroatoms. The van der Waals surface area contributed by atoms with Crippen molar-refractivity contribution in [3.05, 3.63) is 57.4 Å². The predicted molar refractivity (Wildman–Crippen MR) is 146 cm³/mol. The Balaban J connectivity index is 1.44. The van der Waals surface area contributed by atoms with Crippen molar-refractivity contribution in [3.8, 4) is 5.75 Å². The molecule has 4 amide bonds. The Morgan fingerprint density at radius 1 is 1.08 bits per heavy atom. The maximum atomic E-state index is 12.8. The fraction of sp³-hybridized carbons (Fsp3) is 0.280. The molecule has 2 aliphatic heterocycles. The smallest absolute Gasteiger partial charge is 0.339 e. The number of thioether (sulfide) groups is 1. The molecule has 2 aromatic carbocycles. The van der Waals surface area contributed by atoms with Crippen molar-refractivity contribution < 1.29 is 31.8 Å². The lowest BCUT2D eigenvalue weighted by Crippen LogP contribution is -2.44. The number of nitrogens with one attached hydrogen (secondary N) is 1. The third-order valence-corrected chi connectivity index (χ3v) is 8.57. The molecule has 10 nitrogen and oxygen atoms in total. The number of likely N-dealkylation sites (tertiary alicyclic amines) is 1. The molecule has 1 N–H and O–H groups in total. The first-order valence-electron chi connectivity index (χ1n) is 11.7. The van der Waals surface area contributed by atoms with E-state index in [9.17, 15) is 27.6 Å². The third kappa shape index (κ3) is 6.63. The Bertz CT molecular complexity index is 1420. The molecular formula is C25H24BrN3O7S2. The van der Waals surface area contributed by atoms with Crippen molar-refractivity contribution in [3.63, 3.8) is 0 Å². The minimum atomic E-state index is -4.16. The van der Waals surface area contributed by atoms with E-state index in [0.29, 0.717) is 28.8 Å². The normalized spacial score (nSPS) is 17.2. The summed E-state index contributed by atoms with van der Waals surface area (Å²) in [5.74, 6) is -1.06. The van der Waals surface area contributed by atoms with Crippen LogP contribution in [0.2, 0.25) is 0 Å². The molecule has 0 unspecified atom stereocenters. The van der Waals surface area contributed by atoms with Crippen LogP contribution in [-0.2, 0) is 24.5 Å². The quantitative estimate of drug-likeness (QED) is 0.359. The van der Waals surface area contributed by atoms with E-state index < -0.39 is 21.3 Å². The van der Waals surface area contributed by atoms with Crippen molar-refractivity contribution in [1.82, 2.24) is 9.80 Å². The van der Waals surface area contributed by atoms with Crippen molar-refractivity contribution in [2.45, 2.75) is 31.1 Å². The summed E-state index contributed by atoms with van der Waals surface area (Å²) in [4.78, 5) is 51.6. The summed E-state index contributed by atoms with van der Waals surface area (Å²) in [5.41, 5.74) is 0.969. The van der Waals surface area contributed by atoms with Crippen LogP contribution < -0.4 is 9.50 Å². The Morgan fingerprint density at radius 3 is 2.39 bits per heavy atom. The maximum absolute atomic E-state index is 12.8. The van der Waals surface area contributed by atoms with Crippen LogP contribution in [0.5, 0.6) is 5.75 Å². The molecule has 0 aliphatic carbocycles. The van der Waals surface area contributed by atoms with Gasteiger partial charge in [0.2, 0.25) is 11.8 Å². The van der Waals surface area contributed by atoms with Gasteiger partial charge in [0.1, 0.15) is 11.4 Å². The van der Waals surface area contributed by atoms with Gasteiger partial charge in [0.25, 0.3) is 11.1 Å². The standard InChI is InChI=1S/C25H24BrN3O7S2/c1-16(30)27-18-6-8-19(9-7-18)38(34,35)36-21-10-5-17(13-20(21)26)14-22-24(32)29(25(33)37-22)15-23(31)28-11-3-2-4-12-28/h5-10,13-14H,2-4,11-12,15H2,1H3,(H,27,30)/b22-14-. The second-order valence-corrected chi connectivity index (χ2v) is 12.0. The fourth-order valence-electron chi connectivity index (χ4n) is 3.92. The molecule has 0 radical (unpaired) electrons. The van der Waals surface area contributed by atoms with Crippen molar-refractivity contribution in [2.24, 2.45) is 0 Å². The second-order valence-electron chi connectivity index (χ2n) is 8.64. The van der Waals surface area contributed by atoms with Crippen LogP contribution in [0.25, 0.3) is 6.08 Å². The van der Waals surface area contributed by atoms with Crippen molar-refractivity contribution >= 4 is 72.5 Å². The summed E-state index contributed by atoms with van der Waals surface area (Å²) in [5, 5.41) is 2.04. The van der Waals surface area contributed by atoms with Crippen LogP contribution in [0.1, 0.15) is 31.7 Å². The van der Waals surface area contributed by atoms with E-state index in [2.05, 4.69) is 21.2 Å². The van der Waals surface area contributed by atoms with Gasteiger partial charge >= 0.3 is 10.1 Å². The molecule has 0 aromatic heterocycles. The van der Waals surface area contributed by atoms with Gasteiger partial charge in [0.15, 0.2) is 5.75 Å². The number of piperidine rings is 1. The summed E-state index contributed by atoms with van der Waals surface area (Å²) < 4.78 is 31.0. The number of anilines is 1.